The largest absolute Gasteiger partial charge is 0.468 e. The summed E-state index contributed by atoms with van der Waals surface area (Å²) in [6, 6.07) is -0.466. The minimum absolute atomic E-state index is 0.0222. The van der Waals surface area contributed by atoms with Crippen LogP contribution in [0.2, 0.25) is 0 Å². The van der Waals surface area contributed by atoms with Crippen LogP contribution < -0.4 is 5.32 Å². The molecule has 13 heavy (non-hydrogen) atoms. The highest BCUT2D eigenvalue weighted by atomic mass is 32.2. The lowest BCUT2D eigenvalue weighted by atomic mass is 10.3. The molecule has 0 aromatic rings. The zero-order valence-electron chi connectivity index (χ0n) is 8.03. The van der Waals surface area contributed by atoms with Crippen molar-refractivity contribution in [2.24, 2.45) is 0 Å². The van der Waals surface area contributed by atoms with Gasteiger partial charge in [-0.1, -0.05) is 0 Å². The van der Waals surface area contributed by atoms with Crippen LogP contribution in [-0.4, -0.2) is 46.1 Å². The van der Waals surface area contributed by atoms with E-state index in [1.165, 1.54) is 7.11 Å². The molecule has 0 aliphatic heterocycles. The number of rotatable bonds is 5. The molecule has 0 aromatic heterocycles. The molecule has 5 nitrogen and oxygen atoms in total. The summed E-state index contributed by atoms with van der Waals surface area (Å²) in [6.07, 6.45) is 1.15. The van der Waals surface area contributed by atoms with Crippen molar-refractivity contribution >= 4 is 15.8 Å². The maximum atomic E-state index is 10.8. The molecule has 1 unspecified atom stereocenters. The van der Waals surface area contributed by atoms with Gasteiger partial charge in [0.05, 0.1) is 12.9 Å². The molecule has 0 spiro atoms. The van der Waals surface area contributed by atoms with E-state index in [1.54, 1.807) is 6.92 Å². The highest BCUT2D eigenvalue weighted by molar-refractivity contribution is 7.90. The highest BCUT2D eigenvalue weighted by Gasteiger charge is 2.12. The topological polar surface area (TPSA) is 72.5 Å². The zero-order valence-corrected chi connectivity index (χ0v) is 8.85. The number of methoxy groups -OCH3 is 1. The molecule has 0 aliphatic rings. The first kappa shape index (κ1) is 12.4. The predicted molar refractivity (Wildman–Crippen MR) is 49.2 cm³/mol. The summed E-state index contributed by atoms with van der Waals surface area (Å²) in [5.74, 6) is -0.373. The van der Waals surface area contributed by atoms with Crippen LogP contribution in [0.1, 0.15) is 6.92 Å². The fourth-order valence-corrected chi connectivity index (χ4v) is 1.21. The van der Waals surface area contributed by atoms with Gasteiger partial charge in [-0.25, -0.2) is 8.42 Å². The fraction of sp³-hybridized carbons (Fsp3) is 0.857. The van der Waals surface area contributed by atoms with Crippen molar-refractivity contribution in [3.05, 3.63) is 0 Å². The lowest BCUT2D eigenvalue weighted by Gasteiger charge is -2.10. The third kappa shape index (κ3) is 6.53. The first-order chi connectivity index (χ1) is 5.87. The van der Waals surface area contributed by atoms with E-state index in [2.05, 4.69) is 10.1 Å². The number of hydrogen-bond acceptors (Lipinski definition) is 5. The Morgan fingerprint density at radius 3 is 2.46 bits per heavy atom. The smallest absolute Gasteiger partial charge is 0.322 e. The van der Waals surface area contributed by atoms with Crippen LogP contribution in [0, 0.1) is 0 Å². The molecule has 0 bridgehead atoms. The van der Waals surface area contributed by atoms with E-state index in [0.29, 0.717) is 0 Å². The Morgan fingerprint density at radius 2 is 2.08 bits per heavy atom. The van der Waals surface area contributed by atoms with Gasteiger partial charge < -0.3 is 10.1 Å². The number of hydrogen-bond donors (Lipinski definition) is 1. The van der Waals surface area contributed by atoms with Crippen LogP contribution in [0.15, 0.2) is 0 Å². The molecule has 1 N–H and O–H groups in total. The molecule has 0 aliphatic carbocycles. The Hall–Kier alpha value is -0.620. The summed E-state index contributed by atoms with van der Waals surface area (Å²) in [7, 11) is -1.68. The monoisotopic (exact) mass is 209 g/mol. The Morgan fingerprint density at radius 1 is 1.54 bits per heavy atom. The number of esters is 1. The van der Waals surface area contributed by atoms with E-state index < -0.39 is 21.8 Å². The Balaban J connectivity index is 3.72. The van der Waals surface area contributed by atoms with Gasteiger partial charge in [0.15, 0.2) is 0 Å². The molecule has 0 fully saturated rings. The SMILES string of the molecule is COC(=O)C(C)NCCS(C)(=O)=O. The second-order valence-corrected chi connectivity index (χ2v) is 5.09. The number of ether oxygens (including phenoxy) is 1. The predicted octanol–water partition coefficient (Wildman–Crippen LogP) is -0.818. The standard InChI is InChI=1S/C7H15NO4S/c1-6(7(9)12-2)8-4-5-13(3,10)11/h6,8H,4-5H2,1-3H3. The van der Waals surface area contributed by atoms with Crippen LogP contribution >= 0.6 is 0 Å². The minimum atomic E-state index is -2.97. The van der Waals surface area contributed by atoms with Crippen molar-refractivity contribution in [3.8, 4) is 0 Å². The van der Waals surface area contributed by atoms with Gasteiger partial charge in [0.2, 0.25) is 0 Å². The Kier molecular flexibility index (Phi) is 4.94. The number of nitrogens with one attached hydrogen (secondary N) is 1. The molecule has 78 valence electrons. The van der Waals surface area contributed by atoms with Crippen molar-refractivity contribution in [2.45, 2.75) is 13.0 Å². The molecular weight excluding hydrogens is 194 g/mol. The molecule has 0 amide bonds. The van der Waals surface area contributed by atoms with Gasteiger partial charge >= 0.3 is 5.97 Å². The Labute approximate surface area is 78.4 Å². The first-order valence-corrected chi connectivity index (χ1v) is 5.92. The maximum absolute atomic E-state index is 10.8. The summed E-state index contributed by atoms with van der Waals surface area (Å²) in [5, 5.41) is 2.74. The summed E-state index contributed by atoms with van der Waals surface area (Å²) in [5.41, 5.74) is 0. The van der Waals surface area contributed by atoms with Crippen molar-refractivity contribution < 1.29 is 17.9 Å². The summed E-state index contributed by atoms with van der Waals surface area (Å²) < 4.78 is 25.8. The fourth-order valence-electron chi connectivity index (χ4n) is 0.721. The average molecular weight is 209 g/mol. The maximum Gasteiger partial charge on any atom is 0.322 e. The molecule has 0 radical (unpaired) electrons. The van der Waals surface area contributed by atoms with E-state index in [1.807, 2.05) is 0 Å². The summed E-state index contributed by atoms with van der Waals surface area (Å²) in [4.78, 5) is 10.8. The van der Waals surface area contributed by atoms with Crippen molar-refractivity contribution in [2.75, 3.05) is 25.7 Å². The second-order valence-electron chi connectivity index (χ2n) is 2.83. The molecule has 1 atom stereocenters. The van der Waals surface area contributed by atoms with Crippen LogP contribution in [0.5, 0.6) is 0 Å². The van der Waals surface area contributed by atoms with Gasteiger partial charge in [0.1, 0.15) is 15.9 Å². The van der Waals surface area contributed by atoms with Gasteiger partial charge in [0.25, 0.3) is 0 Å². The van der Waals surface area contributed by atoms with Crippen molar-refractivity contribution in [1.82, 2.24) is 5.32 Å². The minimum Gasteiger partial charge on any atom is -0.468 e. The summed E-state index contributed by atoms with van der Waals surface area (Å²) >= 11 is 0. The third-order valence-electron chi connectivity index (χ3n) is 1.48. The molecule has 0 rings (SSSR count). The lowest BCUT2D eigenvalue weighted by Crippen LogP contribution is -2.37. The van der Waals surface area contributed by atoms with Crippen LogP contribution in [0.3, 0.4) is 0 Å². The van der Waals surface area contributed by atoms with Crippen molar-refractivity contribution in [3.63, 3.8) is 0 Å². The van der Waals surface area contributed by atoms with Crippen LogP contribution in [0.4, 0.5) is 0 Å². The van der Waals surface area contributed by atoms with E-state index >= 15 is 0 Å². The quantitative estimate of drug-likeness (QED) is 0.599. The van der Waals surface area contributed by atoms with E-state index in [4.69, 9.17) is 0 Å². The zero-order chi connectivity index (χ0) is 10.5. The molecule has 0 heterocycles. The first-order valence-electron chi connectivity index (χ1n) is 3.86. The second kappa shape index (κ2) is 5.18. The molecule has 6 heteroatoms. The van der Waals surface area contributed by atoms with Gasteiger partial charge in [-0.15, -0.1) is 0 Å². The van der Waals surface area contributed by atoms with Crippen LogP contribution in [-0.2, 0) is 19.4 Å². The van der Waals surface area contributed by atoms with Gasteiger partial charge in [-0.3, -0.25) is 4.79 Å². The van der Waals surface area contributed by atoms with E-state index in [0.717, 1.165) is 6.26 Å². The molecule has 0 saturated heterocycles. The van der Waals surface area contributed by atoms with Gasteiger partial charge in [0, 0.05) is 12.8 Å². The number of sulfone groups is 1. The third-order valence-corrected chi connectivity index (χ3v) is 2.42. The van der Waals surface area contributed by atoms with Gasteiger partial charge in [-0.2, -0.15) is 0 Å². The van der Waals surface area contributed by atoms with Crippen molar-refractivity contribution in [1.29, 1.82) is 0 Å². The van der Waals surface area contributed by atoms with E-state index in [-0.39, 0.29) is 12.3 Å². The summed E-state index contributed by atoms with van der Waals surface area (Å²) in [6.45, 7) is 1.88. The van der Waals surface area contributed by atoms with E-state index in [9.17, 15) is 13.2 Å². The number of carbonyl (C=O) groups is 1. The normalized spacial score (nSPS) is 13.8. The molecule has 0 aromatic carbocycles. The average Bonchev–Trinajstić information content (AvgIpc) is 2.00. The van der Waals surface area contributed by atoms with Gasteiger partial charge in [-0.05, 0) is 6.92 Å². The lowest BCUT2D eigenvalue weighted by molar-refractivity contribution is -0.142. The number of carbonyl (C=O) groups excluding carboxylic acids is 1. The molecule has 0 saturated carbocycles. The molecular formula is C7H15NO4S. The van der Waals surface area contributed by atoms with Crippen LogP contribution in [0.25, 0.3) is 0 Å². The highest BCUT2D eigenvalue weighted by Crippen LogP contribution is 1.86. The Bertz CT molecular complexity index is 260.